The van der Waals surface area contributed by atoms with Crippen molar-refractivity contribution in [2.75, 3.05) is 6.54 Å². The van der Waals surface area contributed by atoms with Gasteiger partial charge in [0.1, 0.15) is 6.54 Å². The Morgan fingerprint density at radius 1 is 1.42 bits per heavy atom. The van der Waals surface area contributed by atoms with Crippen molar-refractivity contribution < 1.29 is 5.73 Å². The van der Waals surface area contributed by atoms with Crippen LogP contribution >= 0.6 is 0 Å². The van der Waals surface area contributed by atoms with Gasteiger partial charge in [0.15, 0.2) is 5.82 Å². The molecule has 0 aliphatic heterocycles. The number of tetrazole rings is 1. The second-order valence-electron chi connectivity index (χ2n) is 3.81. The van der Waals surface area contributed by atoms with E-state index in [1.807, 2.05) is 0 Å². The fourth-order valence-electron chi connectivity index (χ4n) is 0.779. The quantitative estimate of drug-likeness (QED) is 0.632. The number of nitrogens with zero attached hydrogens (tertiary/aromatic N) is 4. The smallest absolute Gasteiger partial charge is 0.180 e. The largest absolute Gasteiger partial charge is 0.356 e. The van der Waals surface area contributed by atoms with Crippen LogP contribution in [-0.4, -0.2) is 26.8 Å². The number of aromatic nitrogens is 4. The zero-order valence-electron chi connectivity index (χ0n) is 7.91. The van der Waals surface area contributed by atoms with Crippen molar-refractivity contribution in [3.63, 3.8) is 0 Å². The van der Waals surface area contributed by atoms with Gasteiger partial charge in [-0.1, -0.05) is 20.8 Å². The monoisotopic (exact) mass is 170 g/mol. The molecule has 1 aromatic rings. The molecule has 0 amide bonds. The molecule has 0 saturated carbocycles. The van der Waals surface area contributed by atoms with Gasteiger partial charge in [0.2, 0.25) is 0 Å². The zero-order chi connectivity index (χ0) is 9.19. The molecular formula is C7H16N5+. The first-order valence-corrected chi connectivity index (χ1v) is 4.11. The highest BCUT2D eigenvalue weighted by Crippen LogP contribution is 2.15. The standard InChI is InChI=1S/C7H15N5/c1-7(2,3)6-9-11-12(10-6)5-4-8/h4-5,8H2,1-3H3/p+1. The minimum atomic E-state index is -0.0145. The van der Waals surface area contributed by atoms with Gasteiger partial charge in [-0.15, -0.1) is 10.2 Å². The van der Waals surface area contributed by atoms with Crippen molar-refractivity contribution in [1.29, 1.82) is 0 Å². The molecule has 0 atom stereocenters. The molecule has 0 unspecified atom stereocenters. The Balaban J connectivity index is 2.77. The number of hydrogen-bond donors (Lipinski definition) is 1. The van der Waals surface area contributed by atoms with Gasteiger partial charge < -0.3 is 5.73 Å². The molecular weight excluding hydrogens is 154 g/mol. The lowest BCUT2D eigenvalue weighted by atomic mass is 9.96. The van der Waals surface area contributed by atoms with Crippen LogP contribution < -0.4 is 5.73 Å². The molecule has 0 aliphatic carbocycles. The third-order valence-electron chi connectivity index (χ3n) is 1.48. The number of hydrogen-bond acceptors (Lipinski definition) is 3. The van der Waals surface area contributed by atoms with Crippen LogP contribution in [0.15, 0.2) is 0 Å². The van der Waals surface area contributed by atoms with Crippen molar-refractivity contribution in [1.82, 2.24) is 20.2 Å². The first-order valence-electron chi connectivity index (χ1n) is 4.11. The van der Waals surface area contributed by atoms with Crippen molar-refractivity contribution in [2.24, 2.45) is 0 Å². The van der Waals surface area contributed by atoms with Crippen molar-refractivity contribution in [2.45, 2.75) is 32.7 Å². The summed E-state index contributed by atoms with van der Waals surface area (Å²) in [6.45, 7) is 7.73. The van der Waals surface area contributed by atoms with E-state index in [0.29, 0.717) is 0 Å². The normalized spacial score (nSPS) is 12.0. The lowest BCUT2D eigenvalue weighted by Crippen LogP contribution is -2.52. The Morgan fingerprint density at radius 3 is 2.50 bits per heavy atom. The van der Waals surface area contributed by atoms with Gasteiger partial charge in [-0.25, -0.2) is 0 Å². The SMILES string of the molecule is CC(C)(C)c1nnn(CC[NH3+])n1. The Bertz CT molecular complexity index is 247. The predicted octanol–water partition coefficient (Wildman–Crippen LogP) is -0.787. The molecule has 0 aromatic carbocycles. The van der Waals surface area contributed by atoms with Crippen LogP contribution in [0.25, 0.3) is 0 Å². The van der Waals surface area contributed by atoms with Gasteiger partial charge in [0, 0.05) is 5.41 Å². The van der Waals surface area contributed by atoms with E-state index >= 15 is 0 Å². The maximum absolute atomic E-state index is 4.23. The van der Waals surface area contributed by atoms with Crippen LogP contribution in [0.4, 0.5) is 0 Å². The zero-order valence-corrected chi connectivity index (χ0v) is 7.91. The Hall–Kier alpha value is -0.970. The van der Waals surface area contributed by atoms with Gasteiger partial charge in [-0.3, -0.25) is 0 Å². The molecule has 0 aliphatic rings. The maximum Gasteiger partial charge on any atom is 0.180 e. The molecule has 5 nitrogen and oxygen atoms in total. The van der Waals surface area contributed by atoms with Crippen molar-refractivity contribution in [3.8, 4) is 0 Å². The number of rotatable bonds is 2. The number of quaternary nitrogens is 1. The molecule has 0 saturated heterocycles. The van der Waals surface area contributed by atoms with E-state index in [4.69, 9.17) is 0 Å². The summed E-state index contributed by atoms with van der Waals surface area (Å²) in [4.78, 5) is 1.59. The van der Waals surface area contributed by atoms with Gasteiger partial charge >= 0.3 is 0 Å². The van der Waals surface area contributed by atoms with Gasteiger partial charge in [-0.05, 0) is 5.21 Å². The fraction of sp³-hybridized carbons (Fsp3) is 0.857. The van der Waals surface area contributed by atoms with Crippen LogP contribution in [0.3, 0.4) is 0 Å². The van der Waals surface area contributed by atoms with Gasteiger partial charge in [0.25, 0.3) is 0 Å². The van der Waals surface area contributed by atoms with Crippen LogP contribution in [0, 0.1) is 0 Å². The van der Waals surface area contributed by atoms with Crippen LogP contribution in [0.5, 0.6) is 0 Å². The van der Waals surface area contributed by atoms with Crippen molar-refractivity contribution >= 4 is 0 Å². The predicted molar refractivity (Wildman–Crippen MR) is 44.3 cm³/mol. The van der Waals surface area contributed by atoms with E-state index in [0.717, 1.165) is 18.9 Å². The van der Waals surface area contributed by atoms with Crippen LogP contribution in [0.2, 0.25) is 0 Å². The van der Waals surface area contributed by atoms with Crippen LogP contribution in [0.1, 0.15) is 26.6 Å². The summed E-state index contributed by atoms with van der Waals surface area (Å²) in [5, 5.41) is 12.1. The molecule has 68 valence electrons. The molecule has 1 heterocycles. The molecule has 1 aromatic heterocycles. The molecule has 5 heteroatoms. The summed E-state index contributed by atoms with van der Waals surface area (Å²) in [6.07, 6.45) is 0. The Labute approximate surface area is 71.9 Å². The lowest BCUT2D eigenvalue weighted by molar-refractivity contribution is -0.370. The summed E-state index contributed by atoms with van der Waals surface area (Å²) in [5.74, 6) is 0.788. The molecule has 0 fully saturated rings. The van der Waals surface area contributed by atoms with E-state index in [-0.39, 0.29) is 5.41 Å². The topological polar surface area (TPSA) is 71.2 Å². The summed E-state index contributed by atoms with van der Waals surface area (Å²) >= 11 is 0. The third-order valence-corrected chi connectivity index (χ3v) is 1.48. The average molecular weight is 170 g/mol. The van der Waals surface area contributed by atoms with E-state index in [9.17, 15) is 0 Å². The molecule has 0 bridgehead atoms. The van der Waals surface area contributed by atoms with Gasteiger partial charge in [-0.2, -0.15) is 4.80 Å². The summed E-state index contributed by atoms with van der Waals surface area (Å²) in [7, 11) is 0. The summed E-state index contributed by atoms with van der Waals surface area (Å²) in [6, 6.07) is 0. The van der Waals surface area contributed by atoms with E-state index in [1.165, 1.54) is 0 Å². The molecule has 0 radical (unpaired) electrons. The minimum absolute atomic E-state index is 0.0145. The highest BCUT2D eigenvalue weighted by Gasteiger charge is 2.19. The first kappa shape index (κ1) is 9.12. The maximum atomic E-state index is 4.23. The molecule has 0 spiro atoms. The molecule has 12 heavy (non-hydrogen) atoms. The van der Waals surface area contributed by atoms with Crippen LogP contribution in [-0.2, 0) is 12.0 Å². The lowest BCUT2D eigenvalue weighted by Gasteiger charge is -2.10. The Morgan fingerprint density at radius 2 is 2.08 bits per heavy atom. The highest BCUT2D eigenvalue weighted by atomic mass is 15.6. The second-order valence-corrected chi connectivity index (χ2v) is 3.81. The van der Waals surface area contributed by atoms with Crippen molar-refractivity contribution in [3.05, 3.63) is 5.82 Å². The minimum Gasteiger partial charge on any atom is -0.356 e. The second kappa shape index (κ2) is 3.18. The Kier molecular flexibility index (Phi) is 2.42. The van der Waals surface area contributed by atoms with Gasteiger partial charge in [0.05, 0.1) is 6.54 Å². The highest BCUT2D eigenvalue weighted by molar-refractivity contribution is 4.95. The third kappa shape index (κ3) is 2.01. The molecule has 1 rings (SSSR count). The van der Waals surface area contributed by atoms with E-state index in [1.54, 1.807) is 4.80 Å². The average Bonchev–Trinajstić information content (AvgIpc) is 2.35. The summed E-state index contributed by atoms with van der Waals surface area (Å²) in [5.41, 5.74) is 3.71. The van der Waals surface area contributed by atoms with E-state index < -0.39 is 0 Å². The summed E-state index contributed by atoms with van der Waals surface area (Å²) < 4.78 is 0. The van der Waals surface area contributed by atoms with E-state index in [2.05, 4.69) is 41.9 Å². The molecule has 3 N–H and O–H groups in total. The first-order chi connectivity index (χ1) is 5.54. The fourth-order valence-corrected chi connectivity index (χ4v) is 0.779.